The Morgan fingerprint density at radius 1 is 1.14 bits per heavy atom. The van der Waals surface area contributed by atoms with Crippen LogP contribution in [-0.2, 0) is 0 Å². The van der Waals surface area contributed by atoms with E-state index >= 15 is 0 Å². The van der Waals surface area contributed by atoms with Gasteiger partial charge in [-0.3, -0.25) is 4.98 Å². The smallest absolute Gasteiger partial charge is 0.230 e. The van der Waals surface area contributed by atoms with Gasteiger partial charge in [0.15, 0.2) is 0 Å². The van der Waals surface area contributed by atoms with Gasteiger partial charge in [-0.25, -0.2) is 0 Å². The minimum atomic E-state index is -0.0738. The zero-order valence-corrected chi connectivity index (χ0v) is 7.68. The molecule has 0 aliphatic heterocycles. The van der Waals surface area contributed by atoms with Crippen molar-refractivity contribution in [2.75, 3.05) is 0 Å². The molecule has 0 saturated heterocycles. The van der Waals surface area contributed by atoms with Crippen LogP contribution < -0.4 is 0 Å². The molecule has 0 bridgehead atoms. The molecule has 4 nitrogen and oxygen atoms in total. The van der Waals surface area contributed by atoms with Crippen molar-refractivity contribution in [2.45, 2.75) is 6.92 Å². The van der Waals surface area contributed by atoms with Crippen LogP contribution >= 0.6 is 0 Å². The zero-order valence-electron chi connectivity index (χ0n) is 7.68. The highest BCUT2D eigenvalue weighted by atomic mass is 16.3. The SMILES string of the molecule is Cc1ncccc1-c1ccc(O)nn1. The van der Waals surface area contributed by atoms with E-state index < -0.39 is 0 Å². The van der Waals surface area contributed by atoms with E-state index in [4.69, 9.17) is 5.11 Å². The van der Waals surface area contributed by atoms with E-state index in [2.05, 4.69) is 15.2 Å². The van der Waals surface area contributed by atoms with E-state index in [1.165, 1.54) is 6.07 Å². The molecule has 0 unspecified atom stereocenters. The van der Waals surface area contributed by atoms with Crippen molar-refractivity contribution in [3.8, 4) is 17.1 Å². The van der Waals surface area contributed by atoms with Gasteiger partial charge >= 0.3 is 0 Å². The van der Waals surface area contributed by atoms with Crippen LogP contribution in [0, 0.1) is 6.92 Å². The van der Waals surface area contributed by atoms with Crippen LogP contribution in [0.2, 0.25) is 0 Å². The van der Waals surface area contributed by atoms with E-state index in [0.29, 0.717) is 5.69 Å². The Morgan fingerprint density at radius 2 is 2.00 bits per heavy atom. The van der Waals surface area contributed by atoms with Crippen molar-refractivity contribution in [3.63, 3.8) is 0 Å². The highest BCUT2D eigenvalue weighted by molar-refractivity contribution is 5.60. The summed E-state index contributed by atoms with van der Waals surface area (Å²) in [4.78, 5) is 4.15. The quantitative estimate of drug-likeness (QED) is 0.735. The largest absolute Gasteiger partial charge is 0.492 e. The maximum atomic E-state index is 8.98. The Hall–Kier alpha value is -1.97. The van der Waals surface area contributed by atoms with Gasteiger partial charge in [0, 0.05) is 23.5 Å². The van der Waals surface area contributed by atoms with Crippen LogP contribution in [0.25, 0.3) is 11.3 Å². The molecule has 0 fully saturated rings. The Kier molecular flexibility index (Phi) is 2.10. The second kappa shape index (κ2) is 3.41. The lowest BCUT2D eigenvalue weighted by Crippen LogP contribution is -1.91. The maximum absolute atomic E-state index is 8.98. The molecule has 14 heavy (non-hydrogen) atoms. The molecule has 0 spiro atoms. The first-order chi connectivity index (χ1) is 6.77. The van der Waals surface area contributed by atoms with Crippen LogP contribution in [0.4, 0.5) is 0 Å². The number of pyridine rings is 1. The third-order valence-electron chi connectivity index (χ3n) is 1.93. The van der Waals surface area contributed by atoms with Crippen LogP contribution in [0.3, 0.4) is 0 Å². The second-order valence-corrected chi connectivity index (χ2v) is 2.91. The van der Waals surface area contributed by atoms with Crippen molar-refractivity contribution < 1.29 is 5.11 Å². The molecular weight excluding hydrogens is 178 g/mol. The van der Waals surface area contributed by atoms with Gasteiger partial charge in [-0.15, -0.1) is 10.2 Å². The third kappa shape index (κ3) is 1.54. The first-order valence-electron chi connectivity index (χ1n) is 4.22. The summed E-state index contributed by atoms with van der Waals surface area (Å²) >= 11 is 0. The first-order valence-corrected chi connectivity index (χ1v) is 4.22. The van der Waals surface area contributed by atoms with E-state index in [0.717, 1.165) is 11.3 Å². The van der Waals surface area contributed by atoms with Crippen LogP contribution in [0.5, 0.6) is 5.88 Å². The Labute approximate surface area is 81.3 Å². The minimum absolute atomic E-state index is 0.0738. The number of hydrogen-bond donors (Lipinski definition) is 1. The van der Waals surface area contributed by atoms with Gasteiger partial charge in [0.1, 0.15) is 0 Å². The van der Waals surface area contributed by atoms with Gasteiger partial charge in [-0.2, -0.15) is 0 Å². The number of aryl methyl sites for hydroxylation is 1. The lowest BCUT2D eigenvalue weighted by atomic mass is 10.1. The van der Waals surface area contributed by atoms with Crippen molar-refractivity contribution in [1.29, 1.82) is 0 Å². The summed E-state index contributed by atoms with van der Waals surface area (Å²) in [6, 6.07) is 6.99. The average molecular weight is 187 g/mol. The molecule has 1 N–H and O–H groups in total. The predicted octanol–water partition coefficient (Wildman–Crippen LogP) is 1.55. The van der Waals surface area contributed by atoms with E-state index in [1.807, 2.05) is 19.1 Å². The number of rotatable bonds is 1. The topological polar surface area (TPSA) is 58.9 Å². The summed E-state index contributed by atoms with van der Waals surface area (Å²) in [5.41, 5.74) is 2.54. The molecule has 0 saturated carbocycles. The summed E-state index contributed by atoms with van der Waals surface area (Å²) < 4.78 is 0. The summed E-state index contributed by atoms with van der Waals surface area (Å²) in [7, 11) is 0. The summed E-state index contributed by atoms with van der Waals surface area (Å²) in [6.45, 7) is 1.91. The molecule has 2 aromatic heterocycles. The fraction of sp³-hybridized carbons (Fsp3) is 0.100. The molecule has 0 radical (unpaired) electrons. The highest BCUT2D eigenvalue weighted by Crippen LogP contribution is 2.19. The zero-order chi connectivity index (χ0) is 9.97. The van der Waals surface area contributed by atoms with E-state index in [1.54, 1.807) is 12.3 Å². The lowest BCUT2D eigenvalue weighted by Gasteiger charge is -2.01. The van der Waals surface area contributed by atoms with Gasteiger partial charge < -0.3 is 5.11 Å². The van der Waals surface area contributed by atoms with Gasteiger partial charge in [-0.05, 0) is 25.1 Å². The molecular formula is C10H9N3O. The molecule has 2 heterocycles. The van der Waals surface area contributed by atoms with E-state index in [9.17, 15) is 0 Å². The molecule has 0 aromatic carbocycles. The van der Waals surface area contributed by atoms with Crippen molar-refractivity contribution in [2.24, 2.45) is 0 Å². The van der Waals surface area contributed by atoms with Crippen LogP contribution in [-0.4, -0.2) is 20.3 Å². The normalized spacial score (nSPS) is 10.1. The lowest BCUT2D eigenvalue weighted by molar-refractivity contribution is 0.445. The van der Waals surface area contributed by atoms with Crippen LogP contribution in [0.1, 0.15) is 5.69 Å². The molecule has 0 amide bonds. The molecule has 70 valence electrons. The fourth-order valence-corrected chi connectivity index (χ4v) is 1.22. The fourth-order valence-electron chi connectivity index (χ4n) is 1.22. The molecule has 2 aromatic rings. The Bertz CT molecular complexity index is 439. The van der Waals surface area contributed by atoms with Crippen molar-refractivity contribution in [3.05, 3.63) is 36.2 Å². The average Bonchev–Trinajstić information content (AvgIpc) is 2.20. The molecule has 0 aliphatic rings. The molecule has 4 heteroatoms. The van der Waals surface area contributed by atoms with Gasteiger partial charge in [0.2, 0.25) is 5.88 Å². The standard InChI is InChI=1S/C10H9N3O/c1-7-8(3-2-6-11-7)9-4-5-10(14)13-12-9/h2-6H,1H3,(H,13,14). The number of hydrogen-bond acceptors (Lipinski definition) is 4. The van der Waals surface area contributed by atoms with Gasteiger partial charge in [-0.1, -0.05) is 0 Å². The molecule has 0 aliphatic carbocycles. The monoisotopic (exact) mass is 187 g/mol. The summed E-state index contributed by atoms with van der Waals surface area (Å²) in [5, 5.41) is 16.4. The van der Waals surface area contributed by atoms with Gasteiger partial charge in [0.25, 0.3) is 0 Å². The highest BCUT2D eigenvalue weighted by Gasteiger charge is 2.03. The first kappa shape index (κ1) is 8.62. The number of aromatic nitrogens is 3. The Morgan fingerprint density at radius 3 is 2.64 bits per heavy atom. The predicted molar refractivity (Wildman–Crippen MR) is 51.7 cm³/mol. The summed E-state index contributed by atoms with van der Waals surface area (Å²) in [6.07, 6.45) is 1.73. The van der Waals surface area contributed by atoms with Crippen molar-refractivity contribution >= 4 is 0 Å². The molecule has 0 atom stereocenters. The van der Waals surface area contributed by atoms with E-state index in [-0.39, 0.29) is 5.88 Å². The molecule has 2 rings (SSSR count). The second-order valence-electron chi connectivity index (χ2n) is 2.91. The number of nitrogens with zero attached hydrogens (tertiary/aromatic N) is 3. The maximum Gasteiger partial charge on any atom is 0.230 e. The number of aromatic hydroxyl groups is 1. The summed E-state index contributed by atoms with van der Waals surface area (Å²) in [5.74, 6) is -0.0738. The third-order valence-corrected chi connectivity index (χ3v) is 1.93. The van der Waals surface area contributed by atoms with Crippen molar-refractivity contribution in [1.82, 2.24) is 15.2 Å². The minimum Gasteiger partial charge on any atom is -0.492 e. The van der Waals surface area contributed by atoms with Crippen LogP contribution in [0.15, 0.2) is 30.5 Å². The Balaban J connectivity index is 2.50. The van der Waals surface area contributed by atoms with Gasteiger partial charge in [0.05, 0.1) is 5.69 Å².